The van der Waals surface area contributed by atoms with Crippen molar-refractivity contribution in [3.63, 3.8) is 0 Å². The lowest BCUT2D eigenvalue weighted by Crippen LogP contribution is -2.41. The lowest BCUT2D eigenvalue weighted by molar-refractivity contribution is 0.0376. The minimum atomic E-state index is 0. The van der Waals surface area contributed by atoms with Gasteiger partial charge < -0.3 is 19.8 Å². The van der Waals surface area contributed by atoms with Gasteiger partial charge in [0.2, 0.25) is 0 Å². The van der Waals surface area contributed by atoms with Crippen LogP contribution in [-0.2, 0) is 17.7 Å². The number of hydrogen-bond acceptors (Lipinski definition) is 6. The fourth-order valence-electron chi connectivity index (χ4n) is 3.02. The number of furan rings is 1. The summed E-state index contributed by atoms with van der Waals surface area (Å²) in [6.07, 6.45) is 3.62. The van der Waals surface area contributed by atoms with Gasteiger partial charge in [-0.3, -0.25) is 4.90 Å². The van der Waals surface area contributed by atoms with Crippen LogP contribution >= 0.6 is 35.3 Å². The summed E-state index contributed by atoms with van der Waals surface area (Å²) in [7, 11) is 0. The lowest BCUT2D eigenvalue weighted by Gasteiger charge is -2.26. The molecule has 3 heterocycles. The third-order valence-electron chi connectivity index (χ3n) is 4.74. The standard InChI is InChI=1S/C20H31N5O2S.HI/c1-16-17(2)28-19(24-16)15-23-20(22-8-6-18-5-3-12-27-18)21-7-4-9-25-10-13-26-14-11-25;/h3,5,12H,4,6-11,13-15H2,1-2H3,(H2,21,22,23);1H. The van der Waals surface area contributed by atoms with Gasteiger partial charge in [-0.25, -0.2) is 9.98 Å². The predicted molar refractivity (Wildman–Crippen MR) is 128 cm³/mol. The summed E-state index contributed by atoms with van der Waals surface area (Å²) in [5.74, 6) is 1.81. The molecule has 0 aliphatic carbocycles. The van der Waals surface area contributed by atoms with Gasteiger partial charge in [-0.15, -0.1) is 35.3 Å². The number of guanidine groups is 1. The molecular weight excluding hydrogens is 501 g/mol. The highest BCUT2D eigenvalue weighted by molar-refractivity contribution is 14.0. The SMILES string of the molecule is Cc1nc(CN=C(NCCCN2CCOCC2)NCCc2ccco2)sc1C.I. The normalized spacial score (nSPS) is 15.2. The first kappa shape index (κ1) is 24.1. The number of aromatic nitrogens is 1. The highest BCUT2D eigenvalue weighted by Gasteiger charge is 2.09. The zero-order valence-corrected chi connectivity index (χ0v) is 20.4. The lowest BCUT2D eigenvalue weighted by atomic mass is 10.3. The molecule has 29 heavy (non-hydrogen) atoms. The number of nitrogens with zero attached hydrogens (tertiary/aromatic N) is 3. The Morgan fingerprint density at radius 3 is 2.72 bits per heavy atom. The molecule has 0 saturated carbocycles. The number of thiazole rings is 1. The zero-order chi connectivity index (χ0) is 19.6. The summed E-state index contributed by atoms with van der Waals surface area (Å²) in [6.45, 7) is 11.3. The van der Waals surface area contributed by atoms with Crippen LogP contribution in [0.3, 0.4) is 0 Å². The molecule has 0 atom stereocenters. The summed E-state index contributed by atoms with van der Waals surface area (Å²) in [4.78, 5) is 13.0. The van der Waals surface area contributed by atoms with E-state index in [0.717, 1.165) is 81.2 Å². The zero-order valence-electron chi connectivity index (χ0n) is 17.3. The monoisotopic (exact) mass is 533 g/mol. The summed E-state index contributed by atoms with van der Waals surface area (Å²) in [5.41, 5.74) is 1.10. The highest BCUT2D eigenvalue weighted by atomic mass is 127. The average molecular weight is 533 g/mol. The van der Waals surface area contributed by atoms with Crippen LogP contribution < -0.4 is 10.6 Å². The topological polar surface area (TPSA) is 74.9 Å². The molecule has 0 amide bonds. The van der Waals surface area contributed by atoms with Crippen LogP contribution in [0.15, 0.2) is 27.8 Å². The van der Waals surface area contributed by atoms with E-state index in [2.05, 4.69) is 27.4 Å². The first-order valence-corrected chi connectivity index (χ1v) is 10.8. The second kappa shape index (κ2) is 13.2. The van der Waals surface area contributed by atoms with E-state index in [9.17, 15) is 0 Å². The van der Waals surface area contributed by atoms with Crippen molar-refractivity contribution in [2.45, 2.75) is 33.2 Å². The summed E-state index contributed by atoms with van der Waals surface area (Å²) in [6, 6.07) is 3.91. The molecule has 9 heteroatoms. The molecule has 2 aromatic rings. The number of ether oxygens (including phenoxy) is 1. The van der Waals surface area contributed by atoms with Gasteiger partial charge in [-0.1, -0.05) is 0 Å². The molecule has 3 rings (SSSR count). The van der Waals surface area contributed by atoms with Gasteiger partial charge in [-0.2, -0.15) is 0 Å². The number of morpholine rings is 1. The smallest absolute Gasteiger partial charge is 0.191 e. The van der Waals surface area contributed by atoms with E-state index < -0.39 is 0 Å². The first-order valence-electron chi connectivity index (χ1n) is 9.98. The van der Waals surface area contributed by atoms with Gasteiger partial charge in [0.15, 0.2) is 5.96 Å². The molecule has 1 saturated heterocycles. The Balaban J connectivity index is 0.00000300. The van der Waals surface area contributed by atoms with Crippen molar-refractivity contribution in [2.75, 3.05) is 45.9 Å². The van der Waals surface area contributed by atoms with Crippen molar-refractivity contribution in [3.05, 3.63) is 39.7 Å². The van der Waals surface area contributed by atoms with Crippen molar-refractivity contribution in [2.24, 2.45) is 4.99 Å². The Kier molecular flexibility index (Phi) is 11.0. The minimum absolute atomic E-state index is 0. The van der Waals surface area contributed by atoms with Crippen molar-refractivity contribution in [1.82, 2.24) is 20.5 Å². The third-order valence-corrected chi connectivity index (χ3v) is 5.79. The maximum atomic E-state index is 5.40. The van der Waals surface area contributed by atoms with Gasteiger partial charge in [0, 0.05) is 37.5 Å². The van der Waals surface area contributed by atoms with E-state index in [0.29, 0.717) is 6.54 Å². The summed E-state index contributed by atoms with van der Waals surface area (Å²) in [5, 5.41) is 7.92. The number of hydrogen-bond donors (Lipinski definition) is 2. The van der Waals surface area contributed by atoms with E-state index in [-0.39, 0.29) is 24.0 Å². The Bertz CT molecular complexity index is 710. The van der Waals surface area contributed by atoms with Gasteiger partial charge in [0.1, 0.15) is 10.8 Å². The van der Waals surface area contributed by atoms with Crippen LogP contribution in [0.25, 0.3) is 0 Å². The molecule has 1 aliphatic rings. The van der Waals surface area contributed by atoms with Crippen LogP contribution in [0.5, 0.6) is 0 Å². The Morgan fingerprint density at radius 2 is 2.03 bits per heavy atom. The molecular formula is C20H32IN5O2S. The quantitative estimate of drug-likeness (QED) is 0.224. The molecule has 2 aromatic heterocycles. The molecule has 0 aromatic carbocycles. The van der Waals surface area contributed by atoms with Gasteiger partial charge in [0.05, 0.1) is 31.7 Å². The molecule has 0 bridgehead atoms. The molecule has 1 aliphatic heterocycles. The molecule has 0 unspecified atom stereocenters. The average Bonchev–Trinajstić information content (AvgIpc) is 3.33. The molecule has 1 fully saturated rings. The number of rotatable bonds is 9. The van der Waals surface area contributed by atoms with Crippen LogP contribution in [-0.4, -0.2) is 61.8 Å². The second-order valence-electron chi connectivity index (χ2n) is 6.90. The Morgan fingerprint density at radius 1 is 1.24 bits per heavy atom. The molecule has 0 radical (unpaired) electrons. The van der Waals surface area contributed by atoms with Crippen molar-refractivity contribution >= 4 is 41.3 Å². The maximum absolute atomic E-state index is 5.40. The van der Waals surface area contributed by atoms with Crippen molar-refractivity contribution in [3.8, 4) is 0 Å². The van der Waals surface area contributed by atoms with Crippen molar-refractivity contribution < 1.29 is 9.15 Å². The Hall–Kier alpha value is -1.17. The maximum Gasteiger partial charge on any atom is 0.191 e. The third kappa shape index (κ3) is 8.61. The molecule has 2 N–H and O–H groups in total. The Labute approximate surface area is 194 Å². The molecule has 162 valence electrons. The fourth-order valence-corrected chi connectivity index (χ4v) is 3.88. The number of aliphatic imine (C=N–C) groups is 1. The van der Waals surface area contributed by atoms with Crippen molar-refractivity contribution in [1.29, 1.82) is 0 Å². The van der Waals surface area contributed by atoms with Gasteiger partial charge in [0.25, 0.3) is 0 Å². The summed E-state index contributed by atoms with van der Waals surface area (Å²) >= 11 is 1.72. The van der Waals surface area contributed by atoms with E-state index in [1.54, 1.807) is 17.6 Å². The second-order valence-corrected chi connectivity index (χ2v) is 8.19. The van der Waals surface area contributed by atoms with Crippen LogP contribution in [0, 0.1) is 13.8 Å². The van der Waals surface area contributed by atoms with E-state index in [1.807, 2.05) is 19.1 Å². The van der Waals surface area contributed by atoms with E-state index in [1.165, 1.54) is 4.88 Å². The first-order chi connectivity index (χ1) is 13.7. The minimum Gasteiger partial charge on any atom is -0.469 e. The van der Waals surface area contributed by atoms with Crippen LogP contribution in [0.2, 0.25) is 0 Å². The van der Waals surface area contributed by atoms with Gasteiger partial charge >= 0.3 is 0 Å². The largest absolute Gasteiger partial charge is 0.469 e. The number of nitrogens with one attached hydrogen (secondary N) is 2. The number of aryl methyl sites for hydroxylation is 2. The van der Waals surface area contributed by atoms with Gasteiger partial charge in [-0.05, 0) is 38.9 Å². The highest BCUT2D eigenvalue weighted by Crippen LogP contribution is 2.16. The van der Waals surface area contributed by atoms with E-state index >= 15 is 0 Å². The van der Waals surface area contributed by atoms with Crippen LogP contribution in [0.4, 0.5) is 0 Å². The molecule has 0 spiro atoms. The van der Waals surface area contributed by atoms with Crippen LogP contribution in [0.1, 0.15) is 27.8 Å². The summed E-state index contributed by atoms with van der Waals surface area (Å²) < 4.78 is 10.8. The fraction of sp³-hybridized carbons (Fsp3) is 0.600. The molecule has 7 nitrogen and oxygen atoms in total. The predicted octanol–water partition coefficient (Wildman–Crippen LogP) is 2.97. The van der Waals surface area contributed by atoms with E-state index in [4.69, 9.17) is 14.1 Å². The number of halogens is 1.